The minimum atomic E-state index is -1.68. The molecule has 0 aliphatic carbocycles. The van der Waals surface area contributed by atoms with Crippen LogP contribution < -0.4 is 19.4 Å². The van der Waals surface area contributed by atoms with Crippen molar-refractivity contribution in [3.05, 3.63) is 141 Å². The minimum absolute atomic E-state index is 0. The van der Waals surface area contributed by atoms with Crippen LogP contribution in [0.1, 0.15) is 22.5 Å². The smallest absolute Gasteiger partial charge is 0.664 e. The molecule has 1 radical (unpaired) electrons. The quantitative estimate of drug-likeness (QED) is 0.0825. The molecule has 261 valence electrons. The fraction of sp³-hybridized carbons (Fsp3) is 0.0556. The summed E-state index contributed by atoms with van der Waals surface area (Å²) in [6, 6.07) is 5.93. The summed E-state index contributed by atoms with van der Waals surface area (Å²) in [5.74, 6) is -11.7. The molecule has 0 spiro atoms. The van der Waals surface area contributed by atoms with Gasteiger partial charge in [0.05, 0.1) is 22.5 Å². The van der Waals surface area contributed by atoms with E-state index in [-0.39, 0.29) is 51.0 Å². The number of aliphatic imine (C=N–C) groups is 2. The topological polar surface area (TPSA) is 71.4 Å². The number of hydrogen-bond donors (Lipinski definition) is 0. The van der Waals surface area contributed by atoms with Crippen molar-refractivity contribution < 1.29 is 61.7 Å². The van der Waals surface area contributed by atoms with E-state index in [1.54, 1.807) is 0 Å². The van der Waals surface area contributed by atoms with Crippen LogP contribution >= 0.6 is 0 Å². The molecular weight excluding hydrogens is 736 g/mol. The Kier molecular flexibility index (Phi) is 12.3. The Morgan fingerprint density at radius 1 is 0.588 bits per heavy atom. The molecule has 51 heavy (non-hydrogen) atoms. The SMILES string of the molecule is C#CCOc1c(F)c(F)c(/C(=C2\C=CC=N2)c2ccc[n-]2)c(F)c1F.C#CCOc1c(F)c(F)c(/C(=C2\C=CC=N2)c2ccc[n-]2)c(F)c1F.[Cu+2]. The van der Waals surface area contributed by atoms with Crippen LogP contribution in [0.3, 0.4) is 0 Å². The molecule has 0 unspecified atom stereocenters. The summed E-state index contributed by atoms with van der Waals surface area (Å²) in [5.41, 5.74) is -1.71. The van der Waals surface area contributed by atoms with E-state index in [4.69, 9.17) is 12.8 Å². The summed E-state index contributed by atoms with van der Waals surface area (Å²) in [4.78, 5) is 15.8. The molecule has 0 saturated carbocycles. The molecule has 0 bridgehead atoms. The van der Waals surface area contributed by atoms with Crippen LogP contribution in [0.15, 0.2) is 82.3 Å². The average molecular weight is 754 g/mol. The molecular formula is C36H18CuF8N4O2. The van der Waals surface area contributed by atoms with Crippen LogP contribution in [0.4, 0.5) is 35.1 Å². The van der Waals surface area contributed by atoms with Gasteiger partial charge in [-0.2, -0.15) is 30.0 Å². The molecule has 2 aromatic heterocycles. The molecule has 6 rings (SSSR count). The van der Waals surface area contributed by atoms with Crippen molar-refractivity contribution in [1.82, 2.24) is 9.97 Å². The Morgan fingerprint density at radius 3 is 1.20 bits per heavy atom. The van der Waals surface area contributed by atoms with Crippen molar-refractivity contribution in [1.29, 1.82) is 0 Å². The van der Waals surface area contributed by atoms with Crippen molar-refractivity contribution >= 4 is 23.6 Å². The van der Waals surface area contributed by atoms with Gasteiger partial charge in [-0.1, -0.05) is 36.1 Å². The summed E-state index contributed by atoms with van der Waals surface area (Å²) in [7, 11) is 0. The molecule has 0 N–H and O–H groups in total. The first-order valence-corrected chi connectivity index (χ1v) is 14.0. The second-order valence-corrected chi connectivity index (χ2v) is 9.75. The van der Waals surface area contributed by atoms with Gasteiger partial charge in [0.1, 0.15) is 13.2 Å². The number of ether oxygens (including phenoxy) is 2. The van der Waals surface area contributed by atoms with E-state index >= 15 is 0 Å². The van der Waals surface area contributed by atoms with Gasteiger partial charge in [0, 0.05) is 12.4 Å². The Bertz CT molecular complexity index is 1980. The van der Waals surface area contributed by atoms with E-state index in [0.29, 0.717) is 0 Å². The van der Waals surface area contributed by atoms with Gasteiger partial charge in [-0.3, -0.25) is 9.98 Å². The molecule has 2 aromatic carbocycles. The van der Waals surface area contributed by atoms with Crippen molar-refractivity contribution in [3.8, 4) is 36.2 Å². The van der Waals surface area contributed by atoms with Crippen molar-refractivity contribution in [2.45, 2.75) is 0 Å². The Morgan fingerprint density at radius 2 is 0.941 bits per heavy atom. The number of nitrogens with zero attached hydrogens (tertiary/aromatic N) is 4. The first kappa shape index (κ1) is 37.8. The number of hydrogen-bond acceptors (Lipinski definition) is 4. The Hall–Kier alpha value is -6.02. The summed E-state index contributed by atoms with van der Waals surface area (Å²) >= 11 is 0. The van der Waals surface area contributed by atoms with Crippen LogP contribution in [0.5, 0.6) is 11.5 Å². The third-order valence-electron chi connectivity index (χ3n) is 6.79. The summed E-state index contributed by atoms with van der Waals surface area (Å²) in [6.45, 7) is -1.09. The number of allylic oxidation sites excluding steroid dienone is 4. The van der Waals surface area contributed by atoms with Gasteiger partial charge in [0.2, 0.25) is 23.3 Å². The maximum Gasteiger partial charge on any atom is 2.00 e. The van der Waals surface area contributed by atoms with Gasteiger partial charge in [-0.05, 0) is 35.5 Å². The third-order valence-corrected chi connectivity index (χ3v) is 6.79. The van der Waals surface area contributed by atoms with E-state index in [1.807, 2.05) is 11.8 Å². The van der Waals surface area contributed by atoms with Gasteiger partial charge in [0.25, 0.3) is 0 Å². The molecule has 0 fully saturated rings. The predicted molar refractivity (Wildman–Crippen MR) is 168 cm³/mol. The number of benzene rings is 2. The molecule has 0 saturated heterocycles. The van der Waals surface area contributed by atoms with E-state index in [2.05, 4.69) is 29.4 Å². The van der Waals surface area contributed by atoms with E-state index in [0.717, 1.165) is 0 Å². The van der Waals surface area contributed by atoms with Crippen LogP contribution in [0.2, 0.25) is 0 Å². The summed E-state index contributed by atoms with van der Waals surface area (Å²) < 4.78 is 124. The zero-order valence-electron chi connectivity index (χ0n) is 25.4. The maximum atomic E-state index is 14.6. The molecule has 4 heterocycles. The van der Waals surface area contributed by atoms with Crippen LogP contribution in [-0.4, -0.2) is 25.6 Å². The fourth-order valence-electron chi connectivity index (χ4n) is 4.71. The zero-order valence-corrected chi connectivity index (χ0v) is 26.4. The maximum absolute atomic E-state index is 14.6. The molecule has 6 nitrogen and oxygen atoms in total. The predicted octanol–water partition coefficient (Wildman–Crippen LogP) is 7.22. The van der Waals surface area contributed by atoms with Crippen molar-refractivity contribution in [2.24, 2.45) is 9.98 Å². The molecule has 2 aliphatic rings. The molecule has 15 heteroatoms. The van der Waals surface area contributed by atoms with E-state index < -0.39 is 82.4 Å². The molecule has 4 aromatic rings. The number of halogens is 8. The van der Waals surface area contributed by atoms with Gasteiger partial charge in [-0.15, -0.1) is 24.2 Å². The first-order chi connectivity index (χ1) is 24.1. The Balaban J connectivity index is 0.000000224. The fourth-order valence-corrected chi connectivity index (χ4v) is 4.71. The number of rotatable bonds is 8. The van der Waals surface area contributed by atoms with E-state index in [1.165, 1.54) is 73.4 Å². The second-order valence-electron chi connectivity index (χ2n) is 9.75. The molecule has 0 atom stereocenters. The van der Waals surface area contributed by atoms with Crippen LogP contribution in [0.25, 0.3) is 11.1 Å². The second kappa shape index (κ2) is 16.6. The van der Waals surface area contributed by atoms with Gasteiger partial charge < -0.3 is 19.4 Å². The Labute approximate surface area is 295 Å². The standard InChI is InChI=1S/2C18H9F4N2O.Cu/c2*1-2-9-25-18-16(21)14(19)13(15(20)17(18)22)12(10-5-3-7-23-10)11-6-4-8-24-11;/h2*1,3-8H,9H2;/q2*-1;+2/b2*12-10+;. The minimum Gasteiger partial charge on any atom is -0.664 e. The van der Waals surface area contributed by atoms with Crippen molar-refractivity contribution in [2.75, 3.05) is 13.2 Å². The van der Waals surface area contributed by atoms with Gasteiger partial charge >= 0.3 is 17.1 Å². The number of terminal acetylenes is 2. The monoisotopic (exact) mass is 753 g/mol. The molecule has 2 aliphatic heterocycles. The van der Waals surface area contributed by atoms with Crippen LogP contribution in [0, 0.1) is 71.2 Å². The third kappa shape index (κ3) is 7.45. The normalized spacial score (nSPS) is 14.4. The average Bonchev–Trinajstić information content (AvgIpc) is 3.96. The zero-order chi connectivity index (χ0) is 35.9. The molecule has 0 amide bonds. The largest absolute Gasteiger partial charge is 2.00 e. The van der Waals surface area contributed by atoms with Gasteiger partial charge in [-0.25, -0.2) is 17.6 Å². The summed E-state index contributed by atoms with van der Waals surface area (Å²) in [5, 5.41) is 0. The first-order valence-electron chi connectivity index (χ1n) is 14.0. The number of aromatic nitrogens is 2. The van der Waals surface area contributed by atoms with Gasteiger partial charge in [0.15, 0.2) is 34.8 Å². The van der Waals surface area contributed by atoms with Crippen molar-refractivity contribution in [3.63, 3.8) is 0 Å². The van der Waals surface area contributed by atoms with Crippen LogP contribution in [-0.2, 0) is 17.1 Å². The van der Waals surface area contributed by atoms with E-state index in [9.17, 15) is 35.1 Å². The summed E-state index contributed by atoms with van der Waals surface area (Å²) in [6.07, 6.45) is 21.3.